The van der Waals surface area contributed by atoms with E-state index in [1.54, 1.807) is 22.9 Å². The van der Waals surface area contributed by atoms with Crippen molar-refractivity contribution in [1.29, 1.82) is 0 Å². The fourth-order valence-corrected chi connectivity index (χ4v) is 2.91. The number of benzene rings is 1. The third-order valence-electron chi connectivity index (χ3n) is 3.59. The number of amides is 1. The largest absolute Gasteiger partial charge is 0.295 e. The lowest BCUT2D eigenvalue weighted by molar-refractivity contribution is -0.115. The van der Waals surface area contributed by atoms with E-state index in [-0.39, 0.29) is 12.3 Å². The number of aromatic nitrogens is 5. The molecule has 0 atom stereocenters. The summed E-state index contributed by atoms with van der Waals surface area (Å²) >= 11 is 12.2. The zero-order valence-corrected chi connectivity index (χ0v) is 14.5. The lowest BCUT2D eigenvalue weighted by Gasteiger charge is -2.08. The van der Waals surface area contributed by atoms with Crippen molar-refractivity contribution in [3.05, 3.63) is 51.5 Å². The standard InChI is InChI=1S/C15H14Cl2N6O/c1-8-11(6-14(24)20-15-18-7-19-21-15)9(2)23(22-8)13-4-3-10(16)5-12(13)17/h3-5,7H,6H2,1-2H3,(H2,18,19,20,21,24). The van der Waals surface area contributed by atoms with Gasteiger partial charge < -0.3 is 0 Å². The molecule has 9 heteroatoms. The number of rotatable bonds is 4. The molecule has 2 N–H and O–H groups in total. The van der Waals surface area contributed by atoms with Gasteiger partial charge in [-0.05, 0) is 32.0 Å². The summed E-state index contributed by atoms with van der Waals surface area (Å²) in [4.78, 5) is 16.0. The van der Waals surface area contributed by atoms with Gasteiger partial charge in [-0.1, -0.05) is 23.2 Å². The second-order valence-corrected chi connectivity index (χ2v) is 6.06. The lowest BCUT2D eigenvalue weighted by Crippen LogP contribution is -2.16. The number of carbonyl (C=O) groups excluding carboxylic acids is 1. The Hall–Kier alpha value is -2.38. The van der Waals surface area contributed by atoms with Crippen LogP contribution in [-0.4, -0.2) is 30.9 Å². The third kappa shape index (κ3) is 3.27. The van der Waals surface area contributed by atoms with E-state index in [4.69, 9.17) is 23.2 Å². The van der Waals surface area contributed by atoms with Crippen LogP contribution in [0.25, 0.3) is 5.69 Å². The maximum Gasteiger partial charge on any atom is 0.231 e. The molecule has 3 aromatic rings. The van der Waals surface area contributed by atoms with E-state index in [2.05, 4.69) is 25.6 Å². The minimum Gasteiger partial charge on any atom is -0.295 e. The zero-order valence-electron chi connectivity index (χ0n) is 13.0. The van der Waals surface area contributed by atoms with Crippen LogP contribution in [0.15, 0.2) is 24.5 Å². The number of aromatic amines is 1. The Balaban J connectivity index is 1.88. The van der Waals surface area contributed by atoms with Crippen molar-refractivity contribution in [2.24, 2.45) is 0 Å². The van der Waals surface area contributed by atoms with Crippen molar-refractivity contribution < 1.29 is 4.79 Å². The van der Waals surface area contributed by atoms with Crippen LogP contribution in [0.2, 0.25) is 10.0 Å². The number of carbonyl (C=O) groups is 1. The molecular formula is C15H14Cl2N6O. The summed E-state index contributed by atoms with van der Waals surface area (Å²) in [5, 5.41) is 14.5. The van der Waals surface area contributed by atoms with Crippen molar-refractivity contribution in [2.45, 2.75) is 20.3 Å². The number of H-pyrrole nitrogens is 1. The van der Waals surface area contributed by atoms with Crippen LogP contribution in [0.5, 0.6) is 0 Å². The van der Waals surface area contributed by atoms with Gasteiger partial charge >= 0.3 is 0 Å². The van der Waals surface area contributed by atoms with Crippen LogP contribution in [0, 0.1) is 13.8 Å². The molecule has 0 aliphatic heterocycles. The summed E-state index contributed by atoms with van der Waals surface area (Å²) in [7, 11) is 0. The molecule has 3 rings (SSSR count). The van der Waals surface area contributed by atoms with E-state index in [1.807, 2.05) is 13.8 Å². The van der Waals surface area contributed by atoms with Crippen molar-refractivity contribution >= 4 is 35.1 Å². The highest BCUT2D eigenvalue weighted by molar-refractivity contribution is 6.35. The number of halogens is 2. The second-order valence-electron chi connectivity index (χ2n) is 5.22. The SMILES string of the molecule is Cc1nn(-c2ccc(Cl)cc2Cl)c(C)c1CC(=O)Nc1ncn[nH]1. The maximum atomic E-state index is 12.2. The predicted molar refractivity (Wildman–Crippen MR) is 91.8 cm³/mol. The zero-order chi connectivity index (χ0) is 17.3. The molecule has 0 aliphatic rings. The van der Waals surface area contributed by atoms with Crippen molar-refractivity contribution in [1.82, 2.24) is 25.0 Å². The van der Waals surface area contributed by atoms with Gasteiger partial charge in [0.1, 0.15) is 6.33 Å². The molecule has 0 aliphatic carbocycles. The topological polar surface area (TPSA) is 88.5 Å². The number of hydrogen-bond donors (Lipinski definition) is 2. The third-order valence-corrected chi connectivity index (χ3v) is 4.13. The van der Waals surface area contributed by atoms with Crippen LogP contribution in [-0.2, 0) is 11.2 Å². The summed E-state index contributed by atoms with van der Waals surface area (Å²) in [6.07, 6.45) is 1.50. The van der Waals surface area contributed by atoms with E-state index >= 15 is 0 Å². The molecule has 7 nitrogen and oxygen atoms in total. The van der Waals surface area contributed by atoms with Gasteiger partial charge in [-0.25, -0.2) is 9.78 Å². The maximum absolute atomic E-state index is 12.2. The summed E-state index contributed by atoms with van der Waals surface area (Å²) in [6.45, 7) is 3.74. The van der Waals surface area contributed by atoms with Gasteiger partial charge in [-0.3, -0.25) is 10.1 Å². The minimum absolute atomic E-state index is 0.170. The smallest absolute Gasteiger partial charge is 0.231 e. The molecule has 24 heavy (non-hydrogen) atoms. The molecule has 0 fully saturated rings. The van der Waals surface area contributed by atoms with Gasteiger partial charge in [0.15, 0.2) is 0 Å². The molecule has 0 unspecified atom stereocenters. The lowest BCUT2D eigenvalue weighted by atomic mass is 10.1. The Morgan fingerprint density at radius 1 is 1.33 bits per heavy atom. The molecule has 124 valence electrons. The highest BCUT2D eigenvalue weighted by atomic mass is 35.5. The van der Waals surface area contributed by atoms with Gasteiger partial charge in [0, 0.05) is 16.3 Å². The van der Waals surface area contributed by atoms with Gasteiger partial charge in [-0.15, -0.1) is 0 Å². The molecule has 0 radical (unpaired) electrons. The Labute approximate surface area is 148 Å². The summed E-state index contributed by atoms with van der Waals surface area (Å²) in [6, 6.07) is 5.20. The average Bonchev–Trinajstić information content (AvgIpc) is 3.11. The molecule has 0 bridgehead atoms. The van der Waals surface area contributed by atoms with Crippen molar-refractivity contribution in [3.8, 4) is 5.69 Å². The fourth-order valence-electron chi connectivity index (χ4n) is 2.42. The summed E-state index contributed by atoms with van der Waals surface area (Å²) < 4.78 is 1.71. The van der Waals surface area contributed by atoms with Crippen LogP contribution in [0.1, 0.15) is 17.0 Å². The monoisotopic (exact) mass is 364 g/mol. The molecular weight excluding hydrogens is 351 g/mol. The number of anilines is 1. The van der Waals surface area contributed by atoms with Crippen LogP contribution in [0.4, 0.5) is 5.95 Å². The molecule has 0 saturated heterocycles. The van der Waals surface area contributed by atoms with Gasteiger partial charge in [0.2, 0.25) is 11.9 Å². The second kappa shape index (κ2) is 6.62. The Bertz CT molecular complexity index is 888. The predicted octanol–water partition coefficient (Wildman–Crippen LogP) is 3.10. The van der Waals surface area contributed by atoms with Crippen molar-refractivity contribution in [2.75, 3.05) is 5.32 Å². The normalized spacial score (nSPS) is 10.8. The van der Waals surface area contributed by atoms with Crippen molar-refractivity contribution in [3.63, 3.8) is 0 Å². The first-order valence-electron chi connectivity index (χ1n) is 7.11. The highest BCUT2D eigenvalue weighted by Crippen LogP contribution is 2.27. The molecule has 1 amide bonds. The summed E-state index contributed by atoms with van der Waals surface area (Å²) in [5.41, 5.74) is 3.14. The quantitative estimate of drug-likeness (QED) is 0.744. The Morgan fingerprint density at radius 2 is 2.12 bits per heavy atom. The first kappa shape index (κ1) is 16.5. The fraction of sp³-hybridized carbons (Fsp3) is 0.200. The molecule has 2 heterocycles. The van der Waals surface area contributed by atoms with Crippen LogP contribution >= 0.6 is 23.2 Å². The minimum atomic E-state index is -0.209. The van der Waals surface area contributed by atoms with E-state index in [0.29, 0.717) is 21.7 Å². The molecule has 0 spiro atoms. The van der Waals surface area contributed by atoms with Gasteiger partial charge in [-0.2, -0.15) is 15.2 Å². The first-order valence-corrected chi connectivity index (χ1v) is 7.87. The number of nitrogens with one attached hydrogen (secondary N) is 2. The number of nitrogens with zero attached hydrogens (tertiary/aromatic N) is 4. The van der Waals surface area contributed by atoms with E-state index < -0.39 is 0 Å². The van der Waals surface area contributed by atoms with E-state index in [9.17, 15) is 4.79 Å². The number of aryl methyl sites for hydroxylation is 1. The Kier molecular flexibility index (Phi) is 4.55. The average molecular weight is 365 g/mol. The van der Waals surface area contributed by atoms with Gasteiger partial charge in [0.05, 0.1) is 22.8 Å². The highest BCUT2D eigenvalue weighted by Gasteiger charge is 2.18. The van der Waals surface area contributed by atoms with E-state index in [1.165, 1.54) is 6.33 Å². The first-order chi connectivity index (χ1) is 11.5. The molecule has 0 saturated carbocycles. The number of hydrogen-bond acceptors (Lipinski definition) is 4. The Morgan fingerprint density at radius 3 is 2.79 bits per heavy atom. The van der Waals surface area contributed by atoms with Gasteiger partial charge in [0.25, 0.3) is 0 Å². The van der Waals surface area contributed by atoms with Crippen LogP contribution < -0.4 is 5.32 Å². The molecule has 2 aromatic heterocycles. The van der Waals surface area contributed by atoms with E-state index in [0.717, 1.165) is 17.0 Å². The van der Waals surface area contributed by atoms with Crippen LogP contribution in [0.3, 0.4) is 0 Å². The molecule has 1 aromatic carbocycles. The summed E-state index contributed by atoms with van der Waals surface area (Å²) in [5.74, 6) is 0.100.